The topological polar surface area (TPSA) is 62.7 Å². The number of nitrogens with one attached hydrogen (secondary N) is 2. The summed E-state index contributed by atoms with van der Waals surface area (Å²) in [6.07, 6.45) is 4.63. The second-order valence-electron chi connectivity index (χ2n) is 5.61. The summed E-state index contributed by atoms with van der Waals surface area (Å²) in [6, 6.07) is 14.3. The minimum absolute atomic E-state index is 0.603. The van der Waals surface area contributed by atoms with E-state index in [9.17, 15) is 0 Å². The summed E-state index contributed by atoms with van der Waals surface area (Å²) in [4.78, 5) is 13.1. The molecule has 24 heavy (non-hydrogen) atoms. The summed E-state index contributed by atoms with van der Waals surface area (Å²) in [6.45, 7) is 4.75. The molecule has 0 aliphatic rings. The molecule has 5 heteroatoms. The summed E-state index contributed by atoms with van der Waals surface area (Å²) in [7, 11) is 0. The molecule has 0 atom stereocenters. The first-order chi connectivity index (χ1) is 11.7. The van der Waals surface area contributed by atoms with Crippen LogP contribution in [0.4, 0.5) is 17.5 Å². The Kier molecular flexibility index (Phi) is 5.01. The van der Waals surface area contributed by atoms with Gasteiger partial charge in [-0.05, 0) is 42.7 Å². The van der Waals surface area contributed by atoms with Crippen molar-refractivity contribution in [1.82, 2.24) is 15.0 Å². The van der Waals surface area contributed by atoms with Crippen LogP contribution < -0.4 is 10.6 Å². The van der Waals surface area contributed by atoms with Crippen LogP contribution in [0, 0.1) is 6.92 Å². The summed E-state index contributed by atoms with van der Waals surface area (Å²) >= 11 is 0. The highest BCUT2D eigenvalue weighted by molar-refractivity contribution is 5.58. The predicted octanol–water partition coefficient (Wildman–Crippen LogP) is 4.10. The van der Waals surface area contributed by atoms with E-state index in [1.165, 1.54) is 5.56 Å². The van der Waals surface area contributed by atoms with Crippen LogP contribution in [0.15, 0.2) is 54.9 Å². The van der Waals surface area contributed by atoms with Gasteiger partial charge in [0.15, 0.2) is 0 Å². The van der Waals surface area contributed by atoms with E-state index < -0.39 is 0 Å². The zero-order chi connectivity index (χ0) is 16.8. The molecule has 0 fully saturated rings. The number of anilines is 3. The maximum Gasteiger partial charge on any atom is 0.225 e. The molecule has 0 amide bonds. The zero-order valence-electron chi connectivity index (χ0n) is 14.0. The predicted molar refractivity (Wildman–Crippen MR) is 97.4 cm³/mol. The fraction of sp³-hybridized carbons (Fsp3) is 0.211. The van der Waals surface area contributed by atoms with E-state index in [1.54, 1.807) is 6.20 Å². The number of aryl methyl sites for hydroxylation is 2. The van der Waals surface area contributed by atoms with Gasteiger partial charge in [-0.25, -0.2) is 4.98 Å². The fourth-order valence-corrected chi connectivity index (χ4v) is 2.37. The molecule has 2 aromatic heterocycles. The van der Waals surface area contributed by atoms with E-state index in [4.69, 9.17) is 0 Å². The van der Waals surface area contributed by atoms with Crippen LogP contribution in [0.5, 0.6) is 0 Å². The lowest BCUT2D eigenvalue weighted by Gasteiger charge is -2.10. The first-order valence-corrected chi connectivity index (χ1v) is 8.07. The lowest BCUT2D eigenvalue weighted by Crippen LogP contribution is -2.06. The van der Waals surface area contributed by atoms with Gasteiger partial charge in [-0.15, -0.1) is 0 Å². The molecule has 0 unspecified atom stereocenters. The van der Waals surface area contributed by atoms with Gasteiger partial charge in [0.05, 0.1) is 0 Å². The third-order valence-corrected chi connectivity index (χ3v) is 3.66. The van der Waals surface area contributed by atoms with Crippen LogP contribution in [0.1, 0.15) is 23.7 Å². The lowest BCUT2D eigenvalue weighted by atomic mass is 10.1. The molecule has 5 nitrogen and oxygen atoms in total. The molecule has 0 aliphatic heterocycles. The van der Waals surface area contributed by atoms with E-state index in [2.05, 4.69) is 56.8 Å². The number of hydrogen-bond donors (Lipinski definition) is 2. The Bertz CT molecular complexity index is 785. The highest BCUT2D eigenvalue weighted by Crippen LogP contribution is 2.18. The molecule has 1 aromatic carbocycles. The van der Waals surface area contributed by atoms with E-state index in [-0.39, 0.29) is 0 Å². The van der Waals surface area contributed by atoms with Crippen molar-refractivity contribution < 1.29 is 0 Å². The molecule has 3 aromatic rings. The molecule has 122 valence electrons. The number of aromatic nitrogens is 3. The van der Waals surface area contributed by atoms with Gasteiger partial charge in [0.2, 0.25) is 5.95 Å². The monoisotopic (exact) mass is 319 g/mol. The van der Waals surface area contributed by atoms with Gasteiger partial charge < -0.3 is 10.6 Å². The molecular formula is C19H21N5. The van der Waals surface area contributed by atoms with Gasteiger partial charge in [0.25, 0.3) is 0 Å². The van der Waals surface area contributed by atoms with Crippen LogP contribution >= 0.6 is 0 Å². The van der Waals surface area contributed by atoms with Crippen molar-refractivity contribution in [2.75, 3.05) is 10.6 Å². The molecule has 2 heterocycles. The van der Waals surface area contributed by atoms with Crippen molar-refractivity contribution in [2.45, 2.75) is 26.8 Å². The zero-order valence-corrected chi connectivity index (χ0v) is 14.0. The summed E-state index contributed by atoms with van der Waals surface area (Å²) < 4.78 is 0. The number of nitrogens with zero attached hydrogens (tertiary/aromatic N) is 3. The van der Waals surface area contributed by atoms with Crippen LogP contribution in [-0.2, 0) is 13.0 Å². The minimum Gasteiger partial charge on any atom is -0.350 e. The third-order valence-electron chi connectivity index (χ3n) is 3.66. The second kappa shape index (κ2) is 7.55. The smallest absolute Gasteiger partial charge is 0.225 e. The number of rotatable bonds is 6. The van der Waals surface area contributed by atoms with Crippen molar-refractivity contribution >= 4 is 17.5 Å². The maximum absolute atomic E-state index is 4.53. The van der Waals surface area contributed by atoms with Crippen molar-refractivity contribution in [3.63, 3.8) is 0 Å². The molecule has 0 radical (unpaired) electrons. The quantitative estimate of drug-likeness (QED) is 0.716. The van der Waals surface area contributed by atoms with Crippen molar-refractivity contribution in [2.24, 2.45) is 0 Å². The Morgan fingerprint density at radius 3 is 2.54 bits per heavy atom. The van der Waals surface area contributed by atoms with E-state index in [1.807, 2.05) is 31.3 Å². The normalized spacial score (nSPS) is 10.4. The van der Waals surface area contributed by atoms with Crippen LogP contribution in [0.3, 0.4) is 0 Å². The van der Waals surface area contributed by atoms with Gasteiger partial charge in [-0.3, -0.25) is 4.98 Å². The van der Waals surface area contributed by atoms with E-state index in [0.717, 1.165) is 29.2 Å². The Morgan fingerprint density at radius 2 is 1.83 bits per heavy atom. The van der Waals surface area contributed by atoms with Gasteiger partial charge in [-0.2, -0.15) is 4.98 Å². The Labute approximate surface area is 142 Å². The summed E-state index contributed by atoms with van der Waals surface area (Å²) in [5.41, 5.74) is 4.33. The Hall–Kier alpha value is -2.95. The molecule has 2 N–H and O–H groups in total. The first-order valence-electron chi connectivity index (χ1n) is 8.07. The van der Waals surface area contributed by atoms with E-state index >= 15 is 0 Å². The summed E-state index contributed by atoms with van der Waals surface area (Å²) in [5.74, 6) is 1.38. The SMILES string of the molecule is CCc1ccc(Nc2cc(C)nc(NCc3cccnc3)n2)cc1. The van der Waals surface area contributed by atoms with E-state index in [0.29, 0.717) is 12.5 Å². The highest BCUT2D eigenvalue weighted by atomic mass is 15.1. The van der Waals surface area contributed by atoms with Gasteiger partial charge in [-0.1, -0.05) is 25.1 Å². The second-order valence-corrected chi connectivity index (χ2v) is 5.61. The average molecular weight is 319 g/mol. The number of benzene rings is 1. The molecule has 0 bridgehead atoms. The van der Waals surface area contributed by atoms with Crippen LogP contribution in [0.2, 0.25) is 0 Å². The molecule has 0 spiro atoms. The molecular weight excluding hydrogens is 298 g/mol. The van der Waals surface area contributed by atoms with Crippen molar-refractivity contribution in [1.29, 1.82) is 0 Å². The first kappa shape index (κ1) is 15.9. The largest absolute Gasteiger partial charge is 0.350 e. The standard InChI is InChI=1S/C19H21N5/c1-3-15-6-8-17(9-7-15)23-18-11-14(2)22-19(24-18)21-13-16-5-4-10-20-12-16/h4-12H,3,13H2,1-2H3,(H2,21,22,23,24). The van der Waals surface area contributed by atoms with Gasteiger partial charge in [0, 0.05) is 36.4 Å². The van der Waals surface area contributed by atoms with Crippen molar-refractivity contribution in [3.8, 4) is 0 Å². The Morgan fingerprint density at radius 1 is 1.00 bits per heavy atom. The average Bonchev–Trinajstić information content (AvgIpc) is 2.61. The minimum atomic E-state index is 0.603. The van der Waals surface area contributed by atoms with Crippen LogP contribution in [0.25, 0.3) is 0 Å². The van der Waals surface area contributed by atoms with Gasteiger partial charge >= 0.3 is 0 Å². The fourth-order valence-electron chi connectivity index (χ4n) is 2.37. The number of hydrogen-bond acceptors (Lipinski definition) is 5. The summed E-state index contributed by atoms with van der Waals surface area (Å²) in [5, 5.41) is 6.58. The Balaban J connectivity index is 1.70. The van der Waals surface area contributed by atoms with Gasteiger partial charge in [0.1, 0.15) is 5.82 Å². The molecule has 0 aliphatic carbocycles. The highest BCUT2D eigenvalue weighted by Gasteiger charge is 2.03. The molecule has 0 saturated heterocycles. The van der Waals surface area contributed by atoms with Crippen molar-refractivity contribution in [3.05, 3.63) is 71.7 Å². The molecule has 3 rings (SSSR count). The van der Waals surface area contributed by atoms with Crippen LogP contribution in [-0.4, -0.2) is 15.0 Å². The molecule has 0 saturated carbocycles. The number of pyridine rings is 1. The lowest BCUT2D eigenvalue weighted by molar-refractivity contribution is 1.02. The third kappa shape index (κ3) is 4.29. The maximum atomic E-state index is 4.53.